The number of hydrogen-bond acceptors (Lipinski definition) is 6. The molecule has 24 heavy (non-hydrogen) atoms. The Bertz CT molecular complexity index is 680. The van der Waals surface area contributed by atoms with Gasteiger partial charge in [0.25, 0.3) is 0 Å². The molecule has 6 N–H and O–H groups in total. The highest BCUT2D eigenvalue weighted by Gasteiger charge is 2.46. The van der Waals surface area contributed by atoms with Crippen LogP contribution in [0.2, 0.25) is 0 Å². The SMILES string of the molecule is COC(=O)c1ccc(N2C(=O)CCC2(CO)CO)c(N=C(N)N)c1. The molecule has 1 amide bonds. The number of rotatable bonds is 5. The van der Waals surface area contributed by atoms with E-state index in [2.05, 4.69) is 9.73 Å². The minimum absolute atomic E-state index is 0.166. The van der Waals surface area contributed by atoms with Crippen LogP contribution in [0.25, 0.3) is 0 Å². The van der Waals surface area contributed by atoms with E-state index >= 15 is 0 Å². The van der Waals surface area contributed by atoms with Crippen LogP contribution in [0.15, 0.2) is 23.2 Å². The van der Waals surface area contributed by atoms with Crippen molar-refractivity contribution in [2.75, 3.05) is 25.2 Å². The normalized spacial score (nSPS) is 16.1. The van der Waals surface area contributed by atoms with Crippen LogP contribution in [-0.4, -0.2) is 53.9 Å². The van der Waals surface area contributed by atoms with Crippen LogP contribution in [0.3, 0.4) is 0 Å². The molecule has 130 valence electrons. The van der Waals surface area contributed by atoms with Gasteiger partial charge in [-0.2, -0.15) is 0 Å². The topological polar surface area (TPSA) is 151 Å². The molecule has 1 fully saturated rings. The molecule has 1 aromatic rings. The molecular formula is C15H20N4O5. The highest BCUT2D eigenvalue weighted by Crippen LogP contribution is 2.40. The van der Waals surface area contributed by atoms with E-state index < -0.39 is 24.7 Å². The highest BCUT2D eigenvalue weighted by atomic mass is 16.5. The van der Waals surface area contributed by atoms with Gasteiger partial charge in [0.1, 0.15) is 0 Å². The first kappa shape index (κ1) is 17.7. The number of nitrogens with two attached hydrogens (primary N) is 2. The molecule has 0 spiro atoms. The predicted octanol–water partition coefficient (Wildman–Crippen LogP) is -0.772. The van der Waals surface area contributed by atoms with Crippen LogP contribution in [0.5, 0.6) is 0 Å². The molecule has 0 bridgehead atoms. The monoisotopic (exact) mass is 336 g/mol. The molecule has 2 rings (SSSR count). The summed E-state index contributed by atoms with van der Waals surface area (Å²) in [6, 6.07) is 4.32. The van der Waals surface area contributed by atoms with Crippen LogP contribution in [-0.2, 0) is 9.53 Å². The minimum atomic E-state index is -1.14. The molecule has 1 saturated heterocycles. The molecule has 9 heteroatoms. The lowest BCUT2D eigenvalue weighted by molar-refractivity contribution is -0.117. The summed E-state index contributed by atoms with van der Waals surface area (Å²) in [5, 5.41) is 19.4. The standard InChI is InChI=1S/C15H20N4O5/c1-24-13(23)9-2-3-11(10(6-9)18-14(16)17)19-12(22)4-5-15(19,7-20)8-21/h2-3,6,20-21H,4-5,7-8H2,1H3,(H4,16,17,18). The van der Waals surface area contributed by atoms with Crippen molar-refractivity contribution < 1.29 is 24.5 Å². The molecule has 1 aliphatic rings. The van der Waals surface area contributed by atoms with Crippen LogP contribution in [0, 0.1) is 0 Å². The first-order valence-electron chi connectivity index (χ1n) is 7.25. The number of aliphatic imine (C=N–C) groups is 1. The highest BCUT2D eigenvalue weighted by molar-refractivity contribution is 6.02. The van der Waals surface area contributed by atoms with Gasteiger partial charge < -0.3 is 26.4 Å². The number of amides is 1. The van der Waals surface area contributed by atoms with Gasteiger partial charge in [-0.25, -0.2) is 9.79 Å². The Morgan fingerprint density at radius 1 is 1.38 bits per heavy atom. The molecular weight excluding hydrogens is 316 g/mol. The van der Waals surface area contributed by atoms with E-state index in [9.17, 15) is 19.8 Å². The number of ether oxygens (including phenoxy) is 1. The van der Waals surface area contributed by atoms with E-state index in [0.29, 0.717) is 12.1 Å². The number of carbonyl (C=O) groups excluding carboxylic acids is 2. The Kier molecular flexibility index (Phi) is 5.05. The first-order valence-corrected chi connectivity index (χ1v) is 7.25. The molecule has 1 heterocycles. The van der Waals surface area contributed by atoms with Gasteiger partial charge in [0.2, 0.25) is 5.91 Å². The summed E-state index contributed by atoms with van der Waals surface area (Å²) in [4.78, 5) is 29.3. The molecule has 0 saturated carbocycles. The van der Waals surface area contributed by atoms with E-state index in [1.165, 1.54) is 30.2 Å². The molecule has 0 unspecified atom stereocenters. The Balaban J connectivity index is 2.62. The van der Waals surface area contributed by atoms with Gasteiger partial charge in [0.05, 0.1) is 42.8 Å². The van der Waals surface area contributed by atoms with Gasteiger partial charge in [-0.05, 0) is 24.6 Å². The molecule has 9 nitrogen and oxygen atoms in total. The third kappa shape index (κ3) is 3.03. The van der Waals surface area contributed by atoms with Crippen molar-refractivity contribution in [2.45, 2.75) is 18.4 Å². The summed E-state index contributed by atoms with van der Waals surface area (Å²) >= 11 is 0. The van der Waals surface area contributed by atoms with Crippen molar-refractivity contribution in [3.63, 3.8) is 0 Å². The fourth-order valence-corrected chi connectivity index (χ4v) is 2.75. The largest absolute Gasteiger partial charge is 0.465 e. The second-order valence-corrected chi connectivity index (χ2v) is 5.50. The number of methoxy groups -OCH3 is 1. The summed E-state index contributed by atoms with van der Waals surface area (Å²) in [6.45, 7) is -0.843. The van der Waals surface area contributed by atoms with Gasteiger partial charge in [0.15, 0.2) is 5.96 Å². The Labute approximate surface area is 138 Å². The zero-order valence-electron chi connectivity index (χ0n) is 13.2. The lowest BCUT2D eigenvalue weighted by Gasteiger charge is -2.36. The molecule has 0 atom stereocenters. The van der Waals surface area contributed by atoms with Crippen LogP contribution in [0.1, 0.15) is 23.2 Å². The smallest absolute Gasteiger partial charge is 0.337 e. The van der Waals surface area contributed by atoms with Gasteiger partial charge in [0, 0.05) is 6.42 Å². The molecule has 1 aliphatic heterocycles. The summed E-state index contributed by atoms with van der Waals surface area (Å²) in [6.07, 6.45) is 0.458. The van der Waals surface area contributed by atoms with E-state index in [-0.39, 0.29) is 29.5 Å². The number of nitrogens with zero attached hydrogens (tertiary/aromatic N) is 2. The number of aliphatic hydroxyl groups excluding tert-OH is 2. The van der Waals surface area contributed by atoms with E-state index in [0.717, 1.165) is 0 Å². The first-order chi connectivity index (χ1) is 11.4. The van der Waals surface area contributed by atoms with Crippen LogP contribution < -0.4 is 16.4 Å². The summed E-state index contributed by atoms with van der Waals surface area (Å²) < 4.78 is 4.66. The van der Waals surface area contributed by atoms with E-state index in [4.69, 9.17) is 11.5 Å². The zero-order chi connectivity index (χ0) is 17.9. The Morgan fingerprint density at radius 3 is 2.58 bits per heavy atom. The molecule has 0 aromatic heterocycles. The maximum absolute atomic E-state index is 12.3. The third-order valence-corrected chi connectivity index (χ3v) is 4.00. The second-order valence-electron chi connectivity index (χ2n) is 5.50. The van der Waals surface area contributed by atoms with Gasteiger partial charge in [-0.1, -0.05) is 0 Å². The number of carbonyl (C=O) groups is 2. The van der Waals surface area contributed by atoms with Crippen molar-refractivity contribution in [3.05, 3.63) is 23.8 Å². The third-order valence-electron chi connectivity index (χ3n) is 4.00. The number of aliphatic hydroxyl groups is 2. The van der Waals surface area contributed by atoms with Crippen molar-refractivity contribution in [1.82, 2.24) is 0 Å². The van der Waals surface area contributed by atoms with Crippen molar-refractivity contribution in [2.24, 2.45) is 16.5 Å². The fraction of sp³-hybridized carbons (Fsp3) is 0.400. The molecule has 1 aromatic carbocycles. The number of benzene rings is 1. The van der Waals surface area contributed by atoms with Gasteiger partial charge >= 0.3 is 5.97 Å². The number of guanidine groups is 1. The summed E-state index contributed by atoms with van der Waals surface area (Å²) in [7, 11) is 1.24. The number of esters is 1. The molecule has 0 aliphatic carbocycles. The van der Waals surface area contributed by atoms with Crippen molar-refractivity contribution >= 4 is 29.2 Å². The van der Waals surface area contributed by atoms with Crippen LogP contribution >= 0.6 is 0 Å². The van der Waals surface area contributed by atoms with E-state index in [1.54, 1.807) is 0 Å². The Hall–Kier alpha value is -2.65. The maximum atomic E-state index is 12.3. The lowest BCUT2D eigenvalue weighted by Crippen LogP contribution is -2.52. The van der Waals surface area contributed by atoms with Gasteiger partial charge in [-0.15, -0.1) is 0 Å². The summed E-state index contributed by atoms with van der Waals surface area (Å²) in [5.41, 5.74) is 10.4. The average Bonchev–Trinajstić information content (AvgIpc) is 2.90. The van der Waals surface area contributed by atoms with E-state index in [1.807, 2.05) is 0 Å². The number of anilines is 1. The van der Waals surface area contributed by atoms with Crippen molar-refractivity contribution in [3.8, 4) is 0 Å². The minimum Gasteiger partial charge on any atom is -0.465 e. The average molecular weight is 336 g/mol. The quantitative estimate of drug-likeness (QED) is 0.313. The molecule has 0 radical (unpaired) electrons. The maximum Gasteiger partial charge on any atom is 0.337 e. The fourth-order valence-electron chi connectivity index (χ4n) is 2.75. The van der Waals surface area contributed by atoms with Crippen LogP contribution in [0.4, 0.5) is 11.4 Å². The predicted molar refractivity (Wildman–Crippen MR) is 86.9 cm³/mol. The lowest BCUT2D eigenvalue weighted by atomic mass is 9.97. The second kappa shape index (κ2) is 6.85. The Morgan fingerprint density at radius 2 is 2.04 bits per heavy atom. The summed E-state index contributed by atoms with van der Waals surface area (Å²) in [5.74, 6) is -1.13. The number of hydrogen-bond donors (Lipinski definition) is 4. The van der Waals surface area contributed by atoms with Crippen molar-refractivity contribution in [1.29, 1.82) is 0 Å². The van der Waals surface area contributed by atoms with Gasteiger partial charge in [-0.3, -0.25) is 9.69 Å². The zero-order valence-corrected chi connectivity index (χ0v) is 13.2.